The third-order valence-corrected chi connectivity index (χ3v) is 5.73. The number of likely N-dealkylation sites (tertiary alicyclic amines) is 1. The molecule has 3 fully saturated rings. The van der Waals surface area contributed by atoms with Gasteiger partial charge in [-0.25, -0.2) is 5.01 Å². The minimum Gasteiger partial charge on any atom is -0.339 e. The number of hydrazine groups is 1. The lowest BCUT2D eigenvalue weighted by molar-refractivity contribution is -0.130. The fourth-order valence-electron chi connectivity index (χ4n) is 4.14. The van der Waals surface area contributed by atoms with Gasteiger partial charge in [-0.1, -0.05) is 0 Å². The summed E-state index contributed by atoms with van der Waals surface area (Å²) in [5, 5.41) is 4.71. The van der Waals surface area contributed by atoms with E-state index in [2.05, 4.69) is 10.7 Å². The molecule has 3 saturated heterocycles. The maximum atomic E-state index is 12.8. The Hall–Kier alpha value is -2.41. The van der Waals surface area contributed by atoms with Crippen molar-refractivity contribution in [2.45, 2.75) is 25.7 Å². The first-order valence-corrected chi connectivity index (χ1v) is 9.34. The summed E-state index contributed by atoms with van der Waals surface area (Å²) in [6.07, 6.45) is 2.53. The summed E-state index contributed by atoms with van der Waals surface area (Å²) in [5.41, 5.74) is 3.77. The molecule has 3 aliphatic heterocycles. The van der Waals surface area contributed by atoms with Crippen molar-refractivity contribution in [2.24, 2.45) is 11.8 Å². The quantitative estimate of drug-likeness (QED) is 0.826. The van der Waals surface area contributed by atoms with Crippen molar-refractivity contribution in [3.05, 3.63) is 29.8 Å². The molecule has 1 aromatic rings. The number of carbonyl (C=O) groups is 3. The smallest absolute Gasteiger partial charge is 0.253 e. The van der Waals surface area contributed by atoms with E-state index in [9.17, 15) is 14.4 Å². The highest BCUT2D eigenvalue weighted by Gasteiger charge is 2.32. The number of nitrogens with one attached hydrogen (secondary N) is 2. The number of carbonyl (C=O) groups excluding carboxylic acids is 3. The Bertz CT molecular complexity index is 704. The monoisotopic (exact) mass is 356 g/mol. The molecule has 0 aliphatic carbocycles. The third-order valence-electron chi connectivity index (χ3n) is 5.73. The fourth-order valence-corrected chi connectivity index (χ4v) is 4.14. The van der Waals surface area contributed by atoms with Gasteiger partial charge in [0, 0.05) is 31.5 Å². The SMILES string of the molecule is O=C1CCC(=O)N(c2ccc(C(=O)N3CC[C@@H]4CNC[C@@H]4CC3)cc2)N1. The highest BCUT2D eigenvalue weighted by atomic mass is 16.2. The number of amides is 3. The molecule has 0 saturated carbocycles. The Morgan fingerprint density at radius 2 is 1.62 bits per heavy atom. The molecule has 0 radical (unpaired) electrons. The molecular formula is C19H24N4O3. The molecule has 0 spiro atoms. The van der Waals surface area contributed by atoms with Crippen LogP contribution in [0.3, 0.4) is 0 Å². The number of fused-ring (bicyclic) bond motifs is 1. The van der Waals surface area contributed by atoms with Crippen LogP contribution in [0.15, 0.2) is 24.3 Å². The van der Waals surface area contributed by atoms with E-state index in [0.717, 1.165) is 39.0 Å². The van der Waals surface area contributed by atoms with Gasteiger partial charge in [0.2, 0.25) is 11.8 Å². The summed E-state index contributed by atoms with van der Waals surface area (Å²) in [4.78, 5) is 38.3. The van der Waals surface area contributed by atoms with E-state index in [1.165, 1.54) is 5.01 Å². The molecular weight excluding hydrogens is 332 g/mol. The molecule has 7 nitrogen and oxygen atoms in total. The van der Waals surface area contributed by atoms with Gasteiger partial charge < -0.3 is 10.2 Å². The third kappa shape index (κ3) is 3.31. The van der Waals surface area contributed by atoms with Crippen LogP contribution in [0, 0.1) is 11.8 Å². The van der Waals surface area contributed by atoms with Crippen molar-refractivity contribution in [2.75, 3.05) is 31.2 Å². The Morgan fingerprint density at radius 1 is 0.962 bits per heavy atom. The van der Waals surface area contributed by atoms with Gasteiger partial charge in [-0.05, 0) is 62.0 Å². The highest BCUT2D eigenvalue weighted by molar-refractivity contribution is 6.01. The van der Waals surface area contributed by atoms with Crippen molar-refractivity contribution in [1.29, 1.82) is 0 Å². The number of hydrogen-bond acceptors (Lipinski definition) is 4. The molecule has 0 bridgehead atoms. The normalized spacial score (nSPS) is 26.3. The molecule has 138 valence electrons. The van der Waals surface area contributed by atoms with Crippen LogP contribution in [0.5, 0.6) is 0 Å². The van der Waals surface area contributed by atoms with Gasteiger partial charge in [0.05, 0.1) is 5.69 Å². The van der Waals surface area contributed by atoms with Gasteiger partial charge in [0.25, 0.3) is 5.91 Å². The summed E-state index contributed by atoms with van der Waals surface area (Å²) in [5.74, 6) is 1.09. The lowest BCUT2D eigenvalue weighted by Gasteiger charge is -2.27. The van der Waals surface area contributed by atoms with Crippen LogP contribution in [0.25, 0.3) is 0 Å². The number of rotatable bonds is 2. The van der Waals surface area contributed by atoms with Crippen LogP contribution < -0.4 is 15.8 Å². The van der Waals surface area contributed by atoms with E-state index in [1.54, 1.807) is 24.3 Å². The zero-order valence-electron chi connectivity index (χ0n) is 14.7. The summed E-state index contributed by atoms with van der Waals surface area (Å²) < 4.78 is 0. The number of hydrogen-bond donors (Lipinski definition) is 2. The first-order valence-electron chi connectivity index (χ1n) is 9.34. The van der Waals surface area contributed by atoms with E-state index < -0.39 is 0 Å². The molecule has 0 aromatic heterocycles. The summed E-state index contributed by atoms with van der Waals surface area (Å²) in [6.45, 7) is 3.72. The molecule has 2 atom stereocenters. The molecule has 1 aromatic carbocycles. The van der Waals surface area contributed by atoms with Gasteiger partial charge in [0.15, 0.2) is 0 Å². The first-order chi connectivity index (χ1) is 12.6. The topological polar surface area (TPSA) is 81.8 Å². The molecule has 3 aliphatic rings. The van der Waals surface area contributed by atoms with E-state index in [-0.39, 0.29) is 30.6 Å². The summed E-state index contributed by atoms with van der Waals surface area (Å²) in [6, 6.07) is 6.90. The van der Waals surface area contributed by atoms with Gasteiger partial charge in [-0.2, -0.15) is 0 Å². The lowest BCUT2D eigenvalue weighted by atomic mass is 9.92. The molecule has 0 unspecified atom stereocenters. The lowest BCUT2D eigenvalue weighted by Crippen LogP contribution is -2.50. The molecule has 2 N–H and O–H groups in total. The summed E-state index contributed by atoms with van der Waals surface area (Å²) >= 11 is 0. The van der Waals surface area contributed by atoms with Gasteiger partial charge in [0.1, 0.15) is 0 Å². The molecule has 26 heavy (non-hydrogen) atoms. The van der Waals surface area contributed by atoms with Crippen molar-refractivity contribution in [1.82, 2.24) is 15.6 Å². The second-order valence-electron chi connectivity index (χ2n) is 7.36. The Morgan fingerprint density at radius 3 is 2.27 bits per heavy atom. The number of anilines is 1. The minimum absolute atomic E-state index is 0.0403. The number of nitrogens with zero attached hydrogens (tertiary/aromatic N) is 2. The predicted octanol–water partition coefficient (Wildman–Crippen LogP) is 0.916. The van der Waals surface area contributed by atoms with Crippen LogP contribution in [-0.2, 0) is 9.59 Å². The Balaban J connectivity index is 1.44. The Kier molecular flexibility index (Phi) is 4.63. The van der Waals surface area contributed by atoms with Crippen LogP contribution in [0.2, 0.25) is 0 Å². The highest BCUT2D eigenvalue weighted by Crippen LogP contribution is 2.28. The number of benzene rings is 1. The molecule has 3 heterocycles. The predicted molar refractivity (Wildman–Crippen MR) is 96.3 cm³/mol. The summed E-state index contributed by atoms with van der Waals surface area (Å²) in [7, 11) is 0. The fraction of sp³-hybridized carbons (Fsp3) is 0.526. The van der Waals surface area contributed by atoms with Crippen LogP contribution >= 0.6 is 0 Å². The van der Waals surface area contributed by atoms with Crippen molar-refractivity contribution in [3.63, 3.8) is 0 Å². The van der Waals surface area contributed by atoms with Crippen LogP contribution in [0.1, 0.15) is 36.0 Å². The van der Waals surface area contributed by atoms with Crippen molar-refractivity contribution in [3.8, 4) is 0 Å². The minimum atomic E-state index is -0.172. The standard InChI is InChI=1S/C19H24N4O3/c24-17-5-6-18(25)23(21-17)16-3-1-13(2-4-16)19(26)22-9-7-14-11-20-12-15(14)8-10-22/h1-4,14-15,20H,5-12H2,(H,21,24)/t14-,15+. The van der Waals surface area contributed by atoms with Gasteiger partial charge in [-0.3, -0.25) is 19.8 Å². The molecule has 3 amide bonds. The average molecular weight is 356 g/mol. The van der Waals surface area contributed by atoms with Crippen LogP contribution in [0.4, 0.5) is 5.69 Å². The van der Waals surface area contributed by atoms with Gasteiger partial charge >= 0.3 is 0 Å². The second-order valence-corrected chi connectivity index (χ2v) is 7.36. The maximum absolute atomic E-state index is 12.8. The molecule has 4 rings (SSSR count). The maximum Gasteiger partial charge on any atom is 0.253 e. The van der Waals surface area contributed by atoms with E-state index >= 15 is 0 Å². The largest absolute Gasteiger partial charge is 0.339 e. The molecule has 7 heteroatoms. The van der Waals surface area contributed by atoms with Crippen molar-refractivity contribution < 1.29 is 14.4 Å². The van der Waals surface area contributed by atoms with E-state index in [0.29, 0.717) is 23.1 Å². The Labute approximate surface area is 152 Å². The van der Waals surface area contributed by atoms with E-state index in [4.69, 9.17) is 0 Å². The average Bonchev–Trinajstić information content (AvgIpc) is 3.02. The zero-order chi connectivity index (χ0) is 18.1. The van der Waals surface area contributed by atoms with Gasteiger partial charge in [-0.15, -0.1) is 0 Å². The second kappa shape index (κ2) is 7.07. The zero-order valence-corrected chi connectivity index (χ0v) is 14.7. The first kappa shape index (κ1) is 17.0. The van der Waals surface area contributed by atoms with E-state index in [1.807, 2.05) is 4.90 Å². The van der Waals surface area contributed by atoms with Crippen LogP contribution in [-0.4, -0.2) is 48.8 Å². The van der Waals surface area contributed by atoms with Crippen molar-refractivity contribution >= 4 is 23.4 Å².